The van der Waals surface area contributed by atoms with Crippen LogP contribution in [0.4, 0.5) is 0 Å². The molecule has 398 valence electrons. The summed E-state index contributed by atoms with van der Waals surface area (Å²) in [6.07, 6.45) is 8.82. The third-order valence-electron chi connectivity index (χ3n) is 12.2. The number of hydrogen-bond acceptors (Lipinski definition) is 18. The fraction of sp³-hybridized carbons (Fsp3) is 0.464. The molecule has 18 heteroatoms. The summed E-state index contributed by atoms with van der Waals surface area (Å²) in [6, 6.07) is 17.4. The normalized spacial score (nSPS) is 17.0. The van der Waals surface area contributed by atoms with Crippen molar-refractivity contribution in [2.75, 3.05) is 39.6 Å². The molecule has 18 nitrogen and oxygen atoms in total. The van der Waals surface area contributed by atoms with Crippen molar-refractivity contribution >= 4 is 47.8 Å². The smallest absolute Gasteiger partial charge is 0.342 e. The van der Waals surface area contributed by atoms with Crippen molar-refractivity contribution in [1.29, 1.82) is 0 Å². The Labute approximate surface area is 430 Å². The molecule has 0 atom stereocenters. The van der Waals surface area contributed by atoms with Crippen LogP contribution < -0.4 is 28.4 Å². The summed E-state index contributed by atoms with van der Waals surface area (Å²) in [4.78, 5) is 100. The zero-order chi connectivity index (χ0) is 53.1. The minimum atomic E-state index is -0.840. The summed E-state index contributed by atoms with van der Waals surface area (Å²) in [7, 11) is 0. The Morgan fingerprint density at radius 3 is 1.18 bits per heavy atom. The predicted molar refractivity (Wildman–Crippen MR) is 265 cm³/mol. The van der Waals surface area contributed by atoms with Crippen molar-refractivity contribution in [3.8, 4) is 34.5 Å². The molecule has 0 amide bonds. The van der Waals surface area contributed by atoms with E-state index < -0.39 is 65.5 Å². The first-order valence-electron chi connectivity index (χ1n) is 25.2. The molecule has 0 heterocycles. The van der Waals surface area contributed by atoms with Crippen molar-refractivity contribution in [3.05, 3.63) is 97.6 Å². The van der Waals surface area contributed by atoms with Gasteiger partial charge in [-0.3, -0.25) is 24.0 Å². The highest BCUT2D eigenvalue weighted by atomic mass is 16.6. The zero-order valence-electron chi connectivity index (χ0n) is 41.9. The summed E-state index contributed by atoms with van der Waals surface area (Å²) in [5.74, 6) is -4.28. The second-order valence-corrected chi connectivity index (χ2v) is 17.7. The SMILES string of the molecule is C=CC(=O)OCCCCOC(=O)c1cc(OC(=O)C2CCC(C(=O)Oc3ccc(OCCCCOC(=O)CC)cc3)CC2)ccc1OC(=O)C1CCC(C(=O)Oc2ccc(OCCCCOC(=O)C=C)cc2)CC1. The van der Waals surface area contributed by atoms with Gasteiger partial charge >= 0.3 is 47.8 Å². The van der Waals surface area contributed by atoms with Gasteiger partial charge in [0.2, 0.25) is 0 Å². The molecule has 0 bridgehead atoms. The minimum absolute atomic E-state index is 0.0198. The van der Waals surface area contributed by atoms with Crippen LogP contribution in [0.15, 0.2) is 92.0 Å². The monoisotopic (exact) mass is 1030 g/mol. The molecule has 3 aromatic rings. The molecule has 0 aliphatic heterocycles. The van der Waals surface area contributed by atoms with Crippen molar-refractivity contribution in [3.63, 3.8) is 0 Å². The Hall–Kier alpha value is -7.50. The van der Waals surface area contributed by atoms with Crippen LogP contribution in [0, 0.1) is 23.7 Å². The van der Waals surface area contributed by atoms with Crippen LogP contribution in [-0.4, -0.2) is 87.4 Å². The lowest BCUT2D eigenvalue weighted by molar-refractivity contribution is -0.145. The van der Waals surface area contributed by atoms with Gasteiger partial charge in [-0.2, -0.15) is 0 Å². The molecular weight excluding hydrogens is 961 g/mol. The molecule has 74 heavy (non-hydrogen) atoms. The molecule has 0 unspecified atom stereocenters. The molecule has 0 aromatic heterocycles. The Bertz CT molecular complexity index is 2360. The minimum Gasteiger partial charge on any atom is -0.494 e. The van der Waals surface area contributed by atoms with Gasteiger partial charge in [0.05, 0.1) is 63.3 Å². The molecule has 5 rings (SSSR count). The van der Waals surface area contributed by atoms with Gasteiger partial charge in [0, 0.05) is 18.6 Å². The number of carbonyl (C=O) groups excluding carboxylic acids is 8. The van der Waals surface area contributed by atoms with Gasteiger partial charge in [0.25, 0.3) is 0 Å². The molecule has 2 fully saturated rings. The van der Waals surface area contributed by atoms with Gasteiger partial charge in [-0.1, -0.05) is 20.1 Å². The molecule has 0 radical (unpaired) electrons. The van der Waals surface area contributed by atoms with E-state index >= 15 is 0 Å². The van der Waals surface area contributed by atoms with Crippen LogP contribution in [0.5, 0.6) is 34.5 Å². The second-order valence-electron chi connectivity index (χ2n) is 17.7. The number of esters is 8. The average molecular weight is 1030 g/mol. The summed E-state index contributed by atoms with van der Waals surface area (Å²) in [5.41, 5.74) is -0.153. The molecule has 3 aromatic carbocycles. The topological polar surface area (TPSA) is 229 Å². The van der Waals surface area contributed by atoms with E-state index in [1.54, 1.807) is 55.5 Å². The number of unbranched alkanes of at least 4 members (excludes halogenated alkanes) is 3. The van der Waals surface area contributed by atoms with Crippen LogP contribution in [0.25, 0.3) is 0 Å². The van der Waals surface area contributed by atoms with Crippen molar-refractivity contribution in [2.45, 2.75) is 103 Å². The summed E-state index contributed by atoms with van der Waals surface area (Å²) in [6.45, 7) is 9.96. The number of ether oxygens (including phenoxy) is 10. The van der Waals surface area contributed by atoms with Crippen LogP contribution in [0.2, 0.25) is 0 Å². The van der Waals surface area contributed by atoms with Crippen molar-refractivity contribution in [1.82, 2.24) is 0 Å². The lowest BCUT2D eigenvalue weighted by atomic mass is 9.82. The Kier molecular flexibility index (Phi) is 24.2. The van der Waals surface area contributed by atoms with E-state index in [4.69, 9.17) is 47.4 Å². The first-order chi connectivity index (χ1) is 35.8. The maximum atomic E-state index is 13.6. The Balaban J connectivity index is 1.08. The van der Waals surface area contributed by atoms with E-state index in [0.29, 0.717) is 139 Å². The number of carbonyl (C=O) groups is 8. The van der Waals surface area contributed by atoms with E-state index in [-0.39, 0.29) is 42.9 Å². The molecule has 2 saturated carbocycles. The van der Waals surface area contributed by atoms with Crippen molar-refractivity contribution in [2.24, 2.45) is 23.7 Å². The highest BCUT2D eigenvalue weighted by molar-refractivity contribution is 5.94. The van der Waals surface area contributed by atoms with Crippen molar-refractivity contribution < 1.29 is 85.7 Å². The number of rotatable bonds is 29. The quantitative estimate of drug-likeness (QED) is 0.0208. The van der Waals surface area contributed by atoms with Crippen LogP contribution in [0.1, 0.15) is 114 Å². The maximum Gasteiger partial charge on any atom is 0.342 e. The fourth-order valence-corrected chi connectivity index (χ4v) is 7.94. The van der Waals surface area contributed by atoms with Gasteiger partial charge in [-0.25, -0.2) is 14.4 Å². The number of hydrogen-bond donors (Lipinski definition) is 0. The van der Waals surface area contributed by atoms with Crippen LogP contribution in [-0.2, 0) is 52.5 Å². The molecule has 2 aliphatic rings. The standard InChI is InChI=1S/C56H66O18/c1-4-49(57)67-33-9-7-31-65-42-21-25-44(26-22-42)71-52(60)38-13-15-40(16-14-38)54(62)73-46-29-30-48(47(37-46)56(64)70-36-12-11-35-69-51(59)6-3)74-55(63)41-19-17-39(18-20-41)53(61)72-45-27-23-43(24-28-45)66-32-8-10-34-68-50(58)5-2/h5-6,21-30,37-41H,2-4,7-20,31-36H2,1H3. The molecule has 2 aliphatic carbocycles. The van der Waals surface area contributed by atoms with Gasteiger partial charge in [0.15, 0.2) is 0 Å². The molecule has 0 N–H and O–H groups in total. The van der Waals surface area contributed by atoms with E-state index in [0.717, 1.165) is 12.2 Å². The molecular formula is C56H66O18. The Morgan fingerprint density at radius 1 is 0.432 bits per heavy atom. The van der Waals surface area contributed by atoms with E-state index in [9.17, 15) is 38.4 Å². The van der Waals surface area contributed by atoms with E-state index in [1.807, 2.05) is 0 Å². The fourth-order valence-electron chi connectivity index (χ4n) is 7.94. The second kappa shape index (κ2) is 31.2. The summed E-state index contributed by atoms with van der Waals surface area (Å²) < 4.78 is 54.7. The van der Waals surface area contributed by atoms with E-state index in [1.165, 1.54) is 18.2 Å². The lowest BCUT2D eigenvalue weighted by Crippen LogP contribution is -2.31. The van der Waals surface area contributed by atoms with Gasteiger partial charge < -0.3 is 47.4 Å². The summed E-state index contributed by atoms with van der Waals surface area (Å²) in [5, 5.41) is 0. The molecule has 0 spiro atoms. The first-order valence-corrected chi connectivity index (χ1v) is 25.2. The third-order valence-corrected chi connectivity index (χ3v) is 12.2. The first kappa shape index (κ1) is 57.4. The van der Waals surface area contributed by atoms with Gasteiger partial charge in [0.1, 0.15) is 40.1 Å². The van der Waals surface area contributed by atoms with Gasteiger partial charge in [-0.05, 0) is 157 Å². The van der Waals surface area contributed by atoms with E-state index in [2.05, 4.69) is 13.2 Å². The number of benzene rings is 3. The molecule has 0 saturated heterocycles. The van der Waals surface area contributed by atoms with Crippen LogP contribution >= 0.6 is 0 Å². The lowest BCUT2D eigenvalue weighted by Gasteiger charge is -2.26. The largest absolute Gasteiger partial charge is 0.494 e. The van der Waals surface area contributed by atoms with Gasteiger partial charge in [-0.15, -0.1) is 0 Å². The maximum absolute atomic E-state index is 13.6. The highest BCUT2D eigenvalue weighted by Gasteiger charge is 2.35. The summed E-state index contributed by atoms with van der Waals surface area (Å²) >= 11 is 0. The highest BCUT2D eigenvalue weighted by Crippen LogP contribution is 2.35. The Morgan fingerprint density at radius 2 is 0.770 bits per heavy atom. The predicted octanol–water partition coefficient (Wildman–Crippen LogP) is 8.99. The van der Waals surface area contributed by atoms with Crippen LogP contribution in [0.3, 0.4) is 0 Å². The third kappa shape index (κ3) is 19.8. The average Bonchev–Trinajstić information content (AvgIpc) is 3.42. The zero-order valence-corrected chi connectivity index (χ0v) is 41.9.